The molecule has 2 N–H and O–H groups in total. The van der Waals surface area contributed by atoms with Crippen LogP contribution in [0.3, 0.4) is 0 Å². The van der Waals surface area contributed by atoms with E-state index >= 15 is 0 Å². The Morgan fingerprint density at radius 3 is 2.06 bits per heavy atom. The number of carbonyl (C=O) groups excluding carboxylic acids is 1. The molecule has 0 aromatic carbocycles. The lowest BCUT2D eigenvalue weighted by Crippen LogP contribution is -2.52. The Morgan fingerprint density at radius 1 is 1.18 bits per heavy atom. The summed E-state index contributed by atoms with van der Waals surface area (Å²) in [4.78, 5) is 11.7. The highest BCUT2D eigenvalue weighted by molar-refractivity contribution is 5.70. The average Bonchev–Trinajstić information content (AvgIpc) is 2.20. The van der Waals surface area contributed by atoms with Gasteiger partial charge in [0, 0.05) is 5.54 Å². The third-order valence-electron chi connectivity index (χ3n) is 4.39. The number of carbonyl (C=O) groups is 1. The zero-order valence-electron chi connectivity index (χ0n) is 11.6. The second-order valence-electron chi connectivity index (χ2n) is 6.02. The molecule has 0 aromatic rings. The summed E-state index contributed by atoms with van der Waals surface area (Å²) in [5.41, 5.74) is 5.96. The maximum absolute atomic E-state index is 11.7. The van der Waals surface area contributed by atoms with Gasteiger partial charge in [-0.25, -0.2) is 0 Å². The molecule has 1 aliphatic rings. The Hall–Kier alpha value is -0.570. The molecule has 0 spiro atoms. The normalized spacial score (nSPS) is 21.4. The molecule has 100 valence electrons. The molecule has 0 bridgehead atoms. The minimum atomic E-state index is -0.321. The minimum absolute atomic E-state index is 0.0828. The summed E-state index contributed by atoms with van der Waals surface area (Å²) in [7, 11) is 1.46. The molecule has 0 unspecified atom stereocenters. The Morgan fingerprint density at radius 2 is 1.65 bits per heavy atom. The zero-order chi connectivity index (χ0) is 12.9. The van der Waals surface area contributed by atoms with Gasteiger partial charge >= 0.3 is 5.97 Å². The van der Waals surface area contributed by atoms with Crippen molar-refractivity contribution >= 4 is 5.97 Å². The molecule has 3 nitrogen and oxygen atoms in total. The van der Waals surface area contributed by atoms with Crippen LogP contribution in [-0.4, -0.2) is 18.6 Å². The molecular formula is C14H27NO2. The van der Waals surface area contributed by atoms with Gasteiger partial charge in [0.2, 0.25) is 0 Å². The fraction of sp³-hybridized carbons (Fsp3) is 0.929. The smallest absolute Gasteiger partial charge is 0.306 e. The second-order valence-corrected chi connectivity index (χ2v) is 6.02. The van der Waals surface area contributed by atoms with Gasteiger partial charge in [-0.05, 0) is 32.1 Å². The monoisotopic (exact) mass is 241 g/mol. The molecule has 1 fully saturated rings. The summed E-state index contributed by atoms with van der Waals surface area (Å²) < 4.78 is 4.85. The fourth-order valence-corrected chi connectivity index (χ4v) is 2.98. The van der Waals surface area contributed by atoms with Crippen molar-refractivity contribution in [3.63, 3.8) is 0 Å². The Labute approximate surface area is 105 Å². The predicted molar refractivity (Wildman–Crippen MR) is 69.7 cm³/mol. The van der Waals surface area contributed by atoms with Crippen molar-refractivity contribution in [3.05, 3.63) is 0 Å². The van der Waals surface area contributed by atoms with Crippen molar-refractivity contribution < 1.29 is 9.53 Å². The topological polar surface area (TPSA) is 52.3 Å². The van der Waals surface area contributed by atoms with Crippen LogP contribution in [0.5, 0.6) is 0 Å². The van der Waals surface area contributed by atoms with E-state index in [1.54, 1.807) is 0 Å². The highest BCUT2D eigenvalue weighted by atomic mass is 16.5. The standard InChI is InChI=1S/C14H27NO2/c1-13(2,15)14(11-12(16)17-3)9-7-5-4-6-8-10-14/h4-11,15H2,1-3H3. The van der Waals surface area contributed by atoms with Gasteiger partial charge < -0.3 is 10.5 Å². The van der Waals surface area contributed by atoms with Crippen molar-refractivity contribution in [2.75, 3.05) is 7.11 Å². The first-order valence-corrected chi connectivity index (χ1v) is 6.77. The van der Waals surface area contributed by atoms with Crippen LogP contribution < -0.4 is 5.73 Å². The molecule has 0 aromatic heterocycles. The first-order valence-electron chi connectivity index (χ1n) is 6.77. The summed E-state index contributed by atoms with van der Waals surface area (Å²) in [6, 6.07) is 0. The van der Waals surface area contributed by atoms with Crippen LogP contribution in [-0.2, 0) is 9.53 Å². The molecule has 1 saturated carbocycles. The first-order chi connectivity index (χ1) is 7.91. The van der Waals surface area contributed by atoms with Crippen molar-refractivity contribution in [2.24, 2.45) is 11.1 Å². The number of hydrogen-bond donors (Lipinski definition) is 1. The van der Waals surface area contributed by atoms with E-state index in [4.69, 9.17) is 10.5 Å². The van der Waals surface area contributed by atoms with E-state index in [1.807, 2.05) is 0 Å². The van der Waals surface area contributed by atoms with Gasteiger partial charge in [0.1, 0.15) is 0 Å². The van der Waals surface area contributed by atoms with E-state index in [0.717, 1.165) is 12.8 Å². The predicted octanol–water partition coefficient (Wildman–Crippen LogP) is 3.02. The van der Waals surface area contributed by atoms with Gasteiger partial charge in [0.05, 0.1) is 13.5 Å². The molecule has 0 aliphatic heterocycles. The minimum Gasteiger partial charge on any atom is -0.469 e. The lowest BCUT2D eigenvalue weighted by molar-refractivity contribution is -0.145. The van der Waals surface area contributed by atoms with Gasteiger partial charge in [-0.1, -0.05) is 32.1 Å². The maximum Gasteiger partial charge on any atom is 0.306 e. The van der Waals surface area contributed by atoms with Gasteiger partial charge in [-0.2, -0.15) is 0 Å². The van der Waals surface area contributed by atoms with Crippen LogP contribution in [0.15, 0.2) is 0 Å². The Kier molecular flexibility index (Phi) is 4.99. The zero-order valence-corrected chi connectivity index (χ0v) is 11.6. The van der Waals surface area contributed by atoms with E-state index in [1.165, 1.54) is 39.2 Å². The van der Waals surface area contributed by atoms with E-state index in [9.17, 15) is 4.79 Å². The molecule has 1 aliphatic carbocycles. The molecule has 0 heterocycles. The van der Waals surface area contributed by atoms with Crippen molar-refractivity contribution in [1.29, 1.82) is 0 Å². The summed E-state index contributed by atoms with van der Waals surface area (Å²) in [6.45, 7) is 4.11. The van der Waals surface area contributed by atoms with Crippen LogP contribution in [0.4, 0.5) is 0 Å². The maximum atomic E-state index is 11.7. The van der Waals surface area contributed by atoms with Crippen molar-refractivity contribution in [2.45, 2.75) is 70.8 Å². The Bertz CT molecular complexity index is 247. The molecule has 0 atom stereocenters. The second kappa shape index (κ2) is 5.85. The van der Waals surface area contributed by atoms with E-state index in [2.05, 4.69) is 13.8 Å². The van der Waals surface area contributed by atoms with Crippen LogP contribution in [0, 0.1) is 5.41 Å². The molecule has 3 heteroatoms. The number of hydrogen-bond acceptors (Lipinski definition) is 3. The van der Waals surface area contributed by atoms with E-state index in [0.29, 0.717) is 6.42 Å². The fourth-order valence-electron chi connectivity index (χ4n) is 2.98. The number of methoxy groups -OCH3 is 1. The quantitative estimate of drug-likeness (QED) is 0.773. The third-order valence-corrected chi connectivity index (χ3v) is 4.39. The van der Waals surface area contributed by atoms with Crippen LogP contribution in [0.25, 0.3) is 0 Å². The van der Waals surface area contributed by atoms with E-state index < -0.39 is 0 Å². The average molecular weight is 241 g/mol. The van der Waals surface area contributed by atoms with Crippen molar-refractivity contribution in [3.8, 4) is 0 Å². The van der Waals surface area contributed by atoms with Crippen LogP contribution in [0.1, 0.15) is 65.2 Å². The lowest BCUT2D eigenvalue weighted by Gasteiger charge is -2.45. The lowest BCUT2D eigenvalue weighted by atomic mass is 9.63. The SMILES string of the molecule is COC(=O)CC1(C(C)(C)N)CCCCCCC1. The Balaban J connectivity index is 2.85. The number of nitrogens with two attached hydrogens (primary N) is 1. The van der Waals surface area contributed by atoms with Gasteiger partial charge in [0.15, 0.2) is 0 Å². The number of esters is 1. The summed E-state index contributed by atoms with van der Waals surface area (Å²) >= 11 is 0. The molecule has 0 saturated heterocycles. The highest BCUT2D eigenvalue weighted by Crippen LogP contribution is 2.44. The molecule has 0 amide bonds. The largest absolute Gasteiger partial charge is 0.469 e. The first kappa shape index (κ1) is 14.5. The van der Waals surface area contributed by atoms with Gasteiger partial charge in [-0.3, -0.25) is 4.79 Å². The number of ether oxygens (including phenoxy) is 1. The van der Waals surface area contributed by atoms with Crippen LogP contribution in [0.2, 0.25) is 0 Å². The molecule has 0 radical (unpaired) electrons. The molecule has 17 heavy (non-hydrogen) atoms. The van der Waals surface area contributed by atoms with E-state index in [-0.39, 0.29) is 16.9 Å². The summed E-state index contributed by atoms with van der Waals surface area (Å²) in [5, 5.41) is 0. The molecular weight excluding hydrogens is 214 g/mol. The third kappa shape index (κ3) is 3.70. The summed E-state index contributed by atoms with van der Waals surface area (Å²) in [5.74, 6) is -0.121. The molecule has 1 rings (SSSR count). The summed E-state index contributed by atoms with van der Waals surface area (Å²) in [6.07, 6.45) is 8.76. The number of rotatable bonds is 3. The van der Waals surface area contributed by atoms with Gasteiger partial charge in [-0.15, -0.1) is 0 Å². The van der Waals surface area contributed by atoms with Crippen molar-refractivity contribution in [1.82, 2.24) is 0 Å². The highest BCUT2D eigenvalue weighted by Gasteiger charge is 2.43. The van der Waals surface area contributed by atoms with Crippen LogP contribution >= 0.6 is 0 Å². The van der Waals surface area contributed by atoms with Gasteiger partial charge in [0.25, 0.3) is 0 Å².